The van der Waals surface area contributed by atoms with Crippen molar-refractivity contribution in [3.8, 4) is 0 Å². The molecule has 0 spiro atoms. The van der Waals surface area contributed by atoms with Crippen LogP contribution >= 0.6 is 11.3 Å². The summed E-state index contributed by atoms with van der Waals surface area (Å²) in [6.07, 6.45) is 7.47. The number of thiazole rings is 1. The minimum Gasteiger partial charge on any atom is -0.375 e. The quantitative estimate of drug-likeness (QED) is 0.848. The number of ether oxygens (including phenoxy) is 1. The Kier molecular flexibility index (Phi) is 2.50. The third-order valence-corrected chi connectivity index (χ3v) is 4.43. The summed E-state index contributed by atoms with van der Waals surface area (Å²) in [6.45, 7) is 0. The Morgan fingerprint density at radius 2 is 2.53 bits per heavy atom. The average Bonchev–Trinajstić information content (AvgIpc) is 2.93. The van der Waals surface area contributed by atoms with Gasteiger partial charge in [0, 0.05) is 23.0 Å². The van der Waals surface area contributed by atoms with Crippen LogP contribution in [-0.2, 0) is 11.2 Å². The van der Waals surface area contributed by atoms with Crippen LogP contribution in [0, 0.1) is 5.92 Å². The molecule has 0 amide bonds. The lowest BCUT2D eigenvalue weighted by molar-refractivity contribution is 0.0885. The van der Waals surface area contributed by atoms with Crippen LogP contribution in [0.3, 0.4) is 0 Å². The molecule has 2 fully saturated rings. The zero-order chi connectivity index (χ0) is 10.3. The molecule has 15 heavy (non-hydrogen) atoms. The van der Waals surface area contributed by atoms with Crippen molar-refractivity contribution in [1.82, 2.24) is 4.98 Å². The molecule has 2 bridgehead atoms. The minimum absolute atomic E-state index is 0.251. The molecule has 82 valence electrons. The van der Waals surface area contributed by atoms with Crippen molar-refractivity contribution < 1.29 is 4.74 Å². The Morgan fingerprint density at radius 1 is 1.60 bits per heavy atom. The van der Waals surface area contributed by atoms with Gasteiger partial charge in [0.05, 0.1) is 17.7 Å². The molecule has 4 atom stereocenters. The predicted molar refractivity (Wildman–Crippen MR) is 59.8 cm³/mol. The van der Waals surface area contributed by atoms with E-state index in [0.717, 1.165) is 6.42 Å². The maximum Gasteiger partial charge on any atom is 0.0794 e. The standard InChI is InChI=1S/C11H16N2OS/c12-10(4-8-5-13-6-15-8)9-3-7-1-2-11(9)14-7/h5-7,9-11H,1-4,12H2. The molecule has 4 unspecified atom stereocenters. The monoisotopic (exact) mass is 224 g/mol. The van der Waals surface area contributed by atoms with Gasteiger partial charge in [-0.05, 0) is 25.7 Å². The first-order valence-electron chi connectivity index (χ1n) is 5.61. The van der Waals surface area contributed by atoms with Crippen molar-refractivity contribution in [1.29, 1.82) is 0 Å². The summed E-state index contributed by atoms with van der Waals surface area (Å²) < 4.78 is 5.83. The van der Waals surface area contributed by atoms with Gasteiger partial charge in [0.1, 0.15) is 0 Å². The lowest BCUT2D eigenvalue weighted by atomic mass is 9.83. The predicted octanol–water partition coefficient (Wildman–Crippen LogP) is 1.58. The van der Waals surface area contributed by atoms with E-state index in [2.05, 4.69) is 4.98 Å². The van der Waals surface area contributed by atoms with E-state index in [1.54, 1.807) is 11.3 Å². The van der Waals surface area contributed by atoms with Crippen molar-refractivity contribution in [2.75, 3.05) is 0 Å². The lowest BCUT2D eigenvalue weighted by Gasteiger charge is -2.24. The largest absolute Gasteiger partial charge is 0.375 e. The van der Waals surface area contributed by atoms with Crippen LogP contribution in [0.5, 0.6) is 0 Å². The van der Waals surface area contributed by atoms with Crippen molar-refractivity contribution in [2.45, 2.75) is 43.9 Å². The Balaban J connectivity index is 1.63. The highest BCUT2D eigenvalue weighted by Crippen LogP contribution is 2.40. The first-order valence-corrected chi connectivity index (χ1v) is 6.49. The number of hydrogen-bond acceptors (Lipinski definition) is 4. The Bertz CT molecular complexity index is 327. The van der Waals surface area contributed by atoms with Crippen LogP contribution < -0.4 is 5.73 Å². The molecule has 4 heteroatoms. The van der Waals surface area contributed by atoms with Crippen molar-refractivity contribution in [3.63, 3.8) is 0 Å². The molecule has 1 aromatic rings. The second-order valence-electron chi connectivity index (χ2n) is 4.61. The number of nitrogens with two attached hydrogens (primary N) is 1. The van der Waals surface area contributed by atoms with Gasteiger partial charge >= 0.3 is 0 Å². The van der Waals surface area contributed by atoms with Crippen molar-refractivity contribution in [3.05, 3.63) is 16.6 Å². The number of nitrogens with zero attached hydrogens (tertiary/aromatic N) is 1. The summed E-state index contributed by atoms with van der Waals surface area (Å²) in [5, 5.41) is 0. The summed E-state index contributed by atoms with van der Waals surface area (Å²) in [7, 11) is 0. The van der Waals surface area contributed by atoms with Crippen LogP contribution in [0.25, 0.3) is 0 Å². The Labute approximate surface area is 93.7 Å². The molecule has 2 saturated heterocycles. The number of hydrogen-bond donors (Lipinski definition) is 1. The second-order valence-corrected chi connectivity index (χ2v) is 5.58. The summed E-state index contributed by atoms with van der Waals surface area (Å²) >= 11 is 1.70. The zero-order valence-corrected chi connectivity index (χ0v) is 9.45. The van der Waals surface area contributed by atoms with Gasteiger partial charge in [-0.2, -0.15) is 0 Å². The van der Waals surface area contributed by atoms with E-state index in [9.17, 15) is 0 Å². The summed E-state index contributed by atoms with van der Waals surface area (Å²) in [5.74, 6) is 0.575. The molecular weight excluding hydrogens is 208 g/mol. The highest BCUT2D eigenvalue weighted by atomic mass is 32.1. The molecule has 2 aliphatic heterocycles. The lowest BCUT2D eigenvalue weighted by Crippen LogP contribution is -2.37. The maximum atomic E-state index is 6.26. The fourth-order valence-corrected chi connectivity index (χ4v) is 3.52. The highest BCUT2D eigenvalue weighted by Gasteiger charge is 2.43. The van der Waals surface area contributed by atoms with Gasteiger partial charge in [0.25, 0.3) is 0 Å². The molecule has 2 aliphatic rings. The van der Waals surface area contributed by atoms with E-state index in [1.807, 2.05) is 11.7 Å². The first-order chi connectivity index (χ1) is 7.33. The number of fused-ring (bicyclic) bond motifs is 2. The minimum atomic E-state index is 0.251. The third kappa shape index (κ3) is 1.82. The van der Waals surface area contributed by atoms with Crippen LogP contribution in [0.4, 0.5) is 0 Å². The molecule has 0 aliphatic carbocycles. The Morgan fingerprint density at radius 3 is 3.13 bits per heavy atom. The van der Waals surface area contributed by atoms with Gasteiger partial charge in [-0.1, -0.05) is 0 Å². The van der Waals surface area contributed by atoms with E-state index < -0.39 is 0 Å². The SMILES string of the molecule is NC(Cc1cncs1)C1CC2CCC1O2. The van der Waals surface area contributed by atoms with Gasteiger partial charge in [0.15, 0.2) is 0 Å². The van der Waals surface area contributed by atoms with E-state index >= 15 is 0 Å². The molecule has 0 saturated carbocycles. The highest BCUT2D eigenvalue weighted by molar-refractivity contribution is 7.09. The fourth-order valence-electron chi connectivity index (χ4n) is 2.85. The Hall–Kier alpha value is -0.450. The van der Waals surface area contributed by atoms with Gasteiger partial charge < -0.3 is 10.5 Å². The van der Waals surface area contributed by atoms with Gasteiger partial charge in [-0.3, -0.25) is 4.98 Å². The van der Waals surface area contributed by atoms with E-state index in [-0.39, 0.29) is 6.04 Å². The van der Waals surface area contributed by atoms with Gasteiger partial charge in [-0.15, -0.1) is 11.3 Å². The molecule has 2 N–H and O–H groups in total. The molecule has 3 nitrogen and oxygen atoms in total. The zero-order valence-electron chi connectivity index (χ0n) is 8.63. The molecule has 0 aromatic carbocycles. The van der Waals surface area contributed by atoms with Crippen molar-refractivity contribution in [2.24, 2.45) is 11.7 Å². The number of aromatic nitrogens is 1. The molecule has 0 radical (unpaired) electrons. The molecule has 3 heterocycles. The third-order valence-electron chi connectivity index (χ3n) is 3.62. The van der Waals surface area contributed by atoms with Crippen molar-refractivity contribution >= 4 is 11.3 Å². The van der Waals surface area contributed by atoms with E-state index in [1.165, 1.54) is 24.1 Å². The van der Waals surface area contributed by atoms with E-state index in [0.29, 0.717) is 18.1 Å². The second kappa shape index (κ2) is 3.85. The van der Waals surface area contributed by atoms with Gasteiger partial charge in [0.2, 0.25) is 0 Å². The molecule has 1 aromatic heterocycles. The maximum absolute atomic E-state index is 6.26. The van der Waals surface area contributed by atoms with Crippen LogP contribution in [0.15, 0.2) is 11.7 Å². The van der Waals surface area contributed by atoms with Gasteiger partial charge in [-0.25, -0.2) is 0 Å². The summed E-state index contributed by atoms with van der Waals surface area (Å²) in [4.78, 5) is 5.38. The summed E-state index contributed by atoms with van der Waals surface area (Å²) in [6, 6.07) is 0.251. The first kappa shape index (κ1) is 9.75. The smallest absolute Gasteiger partial charge is 0.0794 e. The average molecular weight is 224 g/mol. The van der Waals surface area contributed by atoms with Crippen LogP contribution in [0.2, 0.25) is 0 Å². The number of rotatable bonds is 3. The van der Waals surface area contributed by atoms with Crippen LogP contribution in [-0.4, -0.2) is 23.2 Å². The topological polar surface area (TPSA) is 48.1 Å². The molecule has 3 rings (SSSR count). The fraction of sp³-hybridized carbons (Fsp3) is 0.727. The normalized spacial score (nSPS) is 35.9. The van der Waals surface area contributed by atoms with E-state index in [4.69, 9.17) is 10.5 Å². The van der Waals surface area contributed by atoms with Crippen LogP contribution in [0.1, 0.15) is 24.1 Å². The molecular formula is C11H16N2OS. The summed E-state index contributed by atoms with van der Waals surface area (Å²) in [5.41, 5.74) is 8.13.